The number of rotatable bonds is 12. The summed E-state index contributed by atoms with van der Waals surface area (Å²) in [6.45, 7) is 2.26. The second-order valence-corrected chi connectivity index (χ2v) is 4.75. The minimum atomic E-state index is -0.157. The van der Waals surface area contributed by atoms with Gasteiger partial charge in [-0.05, 0) is 6.42 Å². The summed E-state index contributed by atoms with van der Waals surface area (Å²) in [6, 6.07) is 0. The maximum atomic E-state index is 10.5. The lowest BCUT2D eigenvalue weighted by molar-refractivity contribution is -0.118. The van der Waals surface area contributed by atoms with E-state index in [2.05, 4.69) is 6.92 Å². The normalized spacial score (nSPS) is 9.94. The van der Waals surface area contributed by atoms with Crippen molar-refractivity contribution in [1.29, 1.82) is 0 Å². The summed E-state index contributed by atoms with van der Waals surface area (Å²) in [7, 11) is 0. The largest absolute Gasteiger partial charge is 0.370 e. The van der Waals surface area contributed by atoms with Crippen LogP contribution in [0.25, 0.3) is 0 Å². The van der Waals surface area contributed by atoms with Crippen molar-refractivity contribution in [3.8, 4) is 0 Å². The third-order valence-electron chi connectivity index (χ3n) is 3.03. The third-order valence-corrected chi connectivity index (χ3v) is 3.03. The average Bonchev–Trinajstić information content (AvgIpc) is 2.25. The van der Waals surface area contributed by atoms with Gasteiger partial charge in [0.1, 0.15) is 0 Å². The molecule has 2 nitrogen and oxygen atoms in total. The first kappa shape index (κ1) is 19.3. The third kappa shape index (κ3) is 18.5. The number of hydrogen-bond donors (Lipinski definition) is 1. The molecule has 0 aliphatic rings. The first-order valence-electron chi connectivity index (χ1n) is 7.05. The quantitative estimate of drug-likeness (QED) is 0.519. The Morgan fingerprint density at radius 3 is 1.47 bits per heavy atom. The average molecular weight is 308 g/mol. The number of halogens is 1. The van der Waals surface area contributed by atoms with Crippen molar-refractivity contribution in [3.05, 3.63) is 0 Å². The summed E-state index contributed by atoms with van der Waals surface area (Å²) in [6.07, 6.45) is 15.0. The van der Waals surface area contributed by atoms with Gasteiger partial charge < -0.3 is 5.73 Å². The Hall–Kier alpha value is -0.0500. The molecule has 1 amide bonds. The minimum absolute atomic E-state index is 0. The molecule has 0 atom stereocenters. The molecule has 0 saturated heterocycles. The molecular weight excluding hydrogens is 278 g/mol. The van der Waals surface area contributed by atoms with E-state index in [1.165, 1.54) is 64.2 Å². The van der Waals surface area contributed by atoms with Crippen molar-refractivity contribution in [1.82, 2.24) is 0 Å². The fourth-order valence-corrected chi connectivity index (χ4v) is 1.96. The van der Waals surface area contributed by atoms with E-state index in [1.807, 2.05) is 0 Å². The molecular formula is C14H30BrNO. The van der Waals surface area contributed by atoms with Gasteiger partial charge >= 0.3 is 0 Å². The lowest BCUT2D eigenvalue weighted by Gasteiger charge is -2.01. The van der Waals surface area contributed by atoms with E-state index in [1.54, 1.807) is 0 Å². The summed E-state index contributed by atoms with van der Waals surface area (Å²) in [5.41, 5.74) is 5.07. The van der Waals surface area contributed by atoms with Gasteiger partial charge in [-0.25, -0.2) is 0 Å². The van der Waals surface area contributed by atoms with Gasteiger partial charge in [-0.2, -0.15) is 0 Å². The molecule has 0 aromatic carbocycles. The highest BCUT2D eigenvalue weighted by atomic mass is 79.9. The van der Waals surface area contributed by atoms with Crippen LogP contribution in [-0.2, 0) is 4.79 Å². The van der Waals surface area contributed by atoms with E-state index in [0.29, 0.717) is 6.42 Å². The molecule has 3 heteroatoms. The van der Waals surface area contributed by atoms with Crippen LogP contribution in [0.5, 0.6) is 0 Å². The van der Waals surface area contributed by atoms with Gasteiger partial charge in [0.2, 0.25) is 5.91 Å². The zero-order chi connectivity index (χ0) is 12.1. The zero-order valence-electron chi connectivity index (χ0n) is 11.4. The number of unbranched alkanes of at least 4 members (excludes halogenated alkanes) is 10. The van der Waals surface area contributed by atoms with Crippen LogP contribution >= 0.6 is 17.0 Å². The minimum Gasteiger partial charge on any atom is -0.370 e. The van der Waals surface area contributed by atoms with Crippen LogP contribution < -0.4 is 5.73 Å². The van der Waals surface area contributed by atoms with Gasteiger partial charge in [-0.1, -0.05) is 71.1 Å². The van der Waals surface area contributed by atoms with E-state index in [0.717, 1.165) is 6.42 Å². The monoisotopic (exact) mass is 307 g/mol. The maximum Gasteiger partial charge on any atom is 0.217 e. The van der Waals surface area contributed by atoms with Crippen LogP contribution in [0.4, 0.5) is 0 Å². The van der Waals surface area contributed by atoms with Crippen LogP contribution in [-0.4, -0.2) is 5.91 Å². The van der Waals surface area contributed by atoms with Gasteiger partial charge in [0.25, 0.3) is 0 Å². The van der Waals surface area contributed by atoms with Gasteiger partial charge in [0.15, 0.2) is 0 Å². The summed E-state index contributed by atoms with van der Waals surface area (Å²) >= 11 is 0. The Labute approximate surface area is 117 Å². The molecule has 0 aromatic heterocycles. The van der Waals surface area contributed by atoms with Crippen LogP contribution in [0, 0.1) is 0 Å². The Morgan fingerprint density at radius 1 is 0.765 bits per heavy atom. The second-order valence-electron chi connectivity index (χ2n) is 4.75. The molecule has 17 heavy (non-hydrogen) atoms. The smallest absolute Gasteiger partial charge is 0.217 e. The molecule has 0 bridgehead atoms. The highest BCUT2D eigenvalue weighted by Gasteiger charge is 1.95. The van der Waals surface area contributed by atoms with Gasteiger partial charge in [-0.3, -0.25) is 4.79 Å². The SMILES string of the molecule is Br.CCCCCCCCCCCCCC(N)=O. The fourth-order valence-electron chi connectivity index (χ4n) is 1.96. The van der Waals surface area contributed by atoms with Crippen LogP contribution in [0.3, 0.4) is 0 Å². The first-order chi connectivity index (χ1) is 7.77. The molecule has 104 valence electrons. The maximum absolute atomic E-state index is 10.5. The number of hydrogen-bond acceptors (Lipinski definition) is 1. The van der Waals surface area contributed by atoms with Gasteiger partial charge in [-0.15, -0.1) is 17.0 Å². The van der Waals surface area contributed by atoms with Crippen LogP contribution in [0.2, 0.25) is 0 Å². The number of primary amides is 1. The Morgan fingerprint density at radius 2 is 1.12 bits per heavy atom. The summed E-state index contributed by atoms with van der Waals surface area (Å²) in [5.74, 6) is -0.157. The molecule has 0 saturated carbocycles. The Kier molecular flexibility index (Phi) is 18.1. The first-order valence-corrected chi connectivity index (χ1v) is 7.05. The Bertz CT molecular complexity index is 162. The molecule has 0 heterocycles. The predicted octanol–water partition coefficient (Wildman–Crippen LogP) is 4.75. The van der Waals surface area contributed by atoms with Gasteiger partial charge in [0.05, 0.1) is 0 Å². The van der Waals surface area contributed by atoms with Crippen molar-refractivity contribution in [2.24, 2.45) is 5.73 Å². The fraction of sp³-hybridized carbons (Fsp3) is 0.929. The number of carbonyl (C=O) groups is 1. The lowest BCUT2D eigenvalue weighted by atomic mass is 10.1. The standard InChI is InChI=1S/C14H29NO.BrH/c1-2-3-4-5-6-7-8-9-10-11-12-13-14(15)16;/h2-13H2,1H3,(H2,15,16);1H. The highest BCUT2D eigenvalue weighted by molar-refractivity contribution is 8.93. The van der Waals surface area contributed by atoms with E-state index in [9.17, 15) is 4.79 Å². The number of nitrogens with two attached hydrogens (primary N) is 1. The van der Waals surface area contributed by atoms with Crippen molar-refractivity contribution in [2.75, 3.05) is 0 Å². The molecule has 0 aliphatic carbocycles. The Balaban J connectivity index is 0. The van der Waals surface area contributed by atoms with E-state index < -0.39 is 0 Å². The molecule has 0 aliphatic heterocycles. The van der Waals surface area contributed by atoms with Crippen molar-refractivity contribution >= 4 is 22.9 Å². The van der Waals surface area contributed by atoms with E-state index in [-0.39, 0.29) is 22.9 Å². The molecule has 0 spiro atoms. The van der Waals surface area contributed by atoms with Crippen molar-refractivity contribution in [3.63, 3.8) is 0 Å². The molecule has 0 aromatic rings. The summed E-state index contributed by atoms with van der Waals surface area (Å²) < 4.78 is 0. The highest BCUT2D eigenvalue weighted by Crippen LogP contribution is 2.11. The van der Waals surface area contributed by atoms with Gasteiger partial charge in [0, 0.05) is 6.42 Å². The van der Waals surface area contributed by atoms with Crippen LogP contribution in [0.15, 0.2) is 0 Å². The van der Waals surface area contributed by atoms with E-state index in [4.69, 9.17) is 5.73 Å². The van der Waals surface area contributed by atoms with Crippen LogP contribution in [0.1, 0.15) is 84.0 Å². The zero-order valence-corrected chi connectivity index (χ0v) is 13.1. The molecule has 2 N–H and O–H groups in total. The van der Waals surface area contributed by atoms with Crippen molar-refractivity contribution < 1.29 is 4.79 Å². The lowest BCUT2D eigenvalue weighted by Crippen LogP contribution is -2.09. The van der Waals surface area contributed by atoms with Crippen molar-refractivity contribution in [2.45, 2.75) is 84.0 Å². The second kappa shape index (κ2) is 16.0. The predicted molar refractivity (Wildman–Crippen MR) is 80.6 cm³/mol. The number of carbonyl (C=O) groups excluding carboxylic acids is 1. The topological polar surface area (TPSA) is 43.1 Å². The molecule has 0 radical (unpaired) electrons. The molecule has 0 unspecified atom stereocenters. The summed E-state index contributed by atoms with van der Waals surface area (Å²) in [4.78, 5) is 10.5. The molecule has 0 rings (SSSR count). The summed E-state index contributed by atoms with van der Waals surface area (Å²) in [5, 5.41) is 0. The number of amides is 1. The molecule has 0 fully saturated rings. The van der Waals surface area contributed by atoms with E-state index >= 15 is 0 Å².